The Balaban J connectivity index is 1.97. The van der Waals surface area contributed by atoms with Crippen LogP contribution in [0.3, 0.4) is 0 Å². The van der Waals surface area contributed by atoms with Gasteiger partial charge in [-0.1, -0.05) is 0 Å². The molecule has 0 aliphatic heterocycles. The molecule has 0 atom stereocenters. The lowest BCUT2D eigenvalue weighted by molar-refractivity contribution is -0.130. The van der Waals surface area contributed by atoms with Gasteiger partial charge >= 0.3 is 0 Å². The van der Waals surface area contributed by atoms with Crippen LogP contribution >= 0.6 is 0 Å². The minimum absolute atomic E-state index is 0.0546. The number of benzene rings is 1. The number of carbonyl (C=O) groups is 2. The fourth-order valence-electron chi connectivity index (χ4n) is 1.92. The number of furan rings is 1. The van der Waals surface area contributed by atoms with Crippen LogP contribution in [0.25, 0.3) is 11.0 Å². The van der Waals surface area contributed by atoms with Crippen LogP contribution in [0.2, 0.25) is 0 Å². The van der Waals surface area contributed by atoms with Crippen LogP contribution < -0.4 is 5.32 Å². The zero-order valence-corrected chi connectivity index (χ0v) is 11.9. The largest absolute Gasteiger partial charge is 0.461 e. The first-order valence-electron chi connectivity index (χ1n) is 6.46. The highest BCUT2D eigenvalue weighted by Gasteiger charge is 2.09. The van der Waals surface area contributed by atoms with E-state index < -0.39 is 0 Å². The maximum Gasteiger partial charge on any atom is 0.224 e. The Hall–Kier alpha value is -2.30. The topological polar surface area (TPSA) is 62.6 Å². The molecule has 0 aliphatic rings. The Labute approximate surface area is 117 Å². The van der Waals surface area contributed by atoms with Gasteiger partial charge in [0, 0.05) is 38.0 Å². The molecule has 0 saturated heterocycles. The Morgan fingerprint density at radius 1 is 1.20 bits per heavy atom. The number of hydrogen-bond donors (Lipinski definition) is 1. The predicted molar refractivity (Wildman–Crippen MR) is 77.5 cm³/mol. The van der Waals surface area contributed by atoms with E-state index in [0.29, 0.717) is 5.69 Å². The van der Waals surface area contributed by atoms with Gasteiger partial charge < -0.3 is 14.6 Å². The molecule has 1 heterocycles. The number of fused-ring (bicyclic) bond motifs is 1. The van der Waals surface area contributed by atoms with Gasteiger partial charge in [0.05, 0.1) is 0 Å². The molecule has 0 saturated carbocycles. The van der Waals surface area contributed by atoms with Crippen molar-refractivity contribution in [2.75, 3.05) is 19.4 Å². The molecule has 1 aromatic heterocycles. The van der Waals surface area contributed by atoms with Gasteiger partial charge in [0.25, 0.3) is 0 Å². The highest BCUT2D eigenvalue weighted by atomic mass is 16.3. The summed E-state index contributed by atoms with van der Waals surface area (Å²) in [6.07, 6.45) is 0.394. The van der Waals surface area contributed by atoms with Crippen molar-refractivity contribution < 1.29 is 14.0 Å². The zero-order valence-electron chi connectivity index (χ0n) is 11.9. The molecule has 0 radical (unpaired) electrons. The van der Waals surface area contributed by atoms with Gasteiger partial charge in [-0.2, -0.15) is 0 Å². The lowest BCUT2D eigenvalue weighted by Crippen LogP contribution is -2.23. The summed E-state index contributed by atoms with van der Waals surface area (Å²) in [7, 11) is 3.35. The summed E-state index contributed by atoms with van der Waals surface area (Å²) in [4.78, 5) is 24.7. The van der Waals surface area contributed by atoms with Crippen LogP contribution in [-0.4, -0.2) is 30.8 Å². The van der Waals surface area contributed by atoms with Gasteiger partial charge in [0.1, 0.15) is 11.3 Å². The van der Waals surface area contributed by atoms with Crippen LogP contribution in [0, 0.1) is 6.92 Å². The molecule has 0 unspecified atom stereocenters. The van der Waals surface area contributed by atoms with E-state index >= 15 is 0 Å². The Bertz CT molecular complexity index is 644. The van der Waals surface area contributed by atoms with E-state index in [1.807, 2.05) is 25.1 Å². The van der Waals surface area contributed by atoms with E-state index in [1.54, 1.807) is 20.2 Å². The monoisotopic (exact) mass is 274 g/mol. The minimum atomic E-state index is -0.167. The molecule has 0 spiro atoms. The number of hydrogen-bond acceptors (Lipinski definition) is 3. The van der Waals surface area contributed by atoms with Crippen molar-refractivity contribution in [1.82, 2.24) is 4.90 Å². The van der Waals surface area contributed by atoms with Gasteiger partial charge in [-0.3, -0.25) is 9.59 Å². The second-order valence-electron chi connectivity index (χ2n) is 4.95. The number of nitrogens with one attached hydrogen (secondary N) is 1. The third kappa shape index (κ3) is 3.38. The summed E-state index contributed by atoms with van der Waals surface area (Å²) in [5.41, 5.74) is 1.50. The van der Waals surface area contributed by atoms with Gasteiger partial charge in [0.2, 0.25) is 11.8 Å². The van der Waals surface area contributed by atoms with Crippen LogP contribution in [0.15, 0.2) is 28.7 Å². The van der Waals surface area contributed by atoms with Crippen LogP contribution in [0.4, 0.5) is 5.69 Å². The standard InChI is InChI=1S/C15H18N2O3/c1-10-8-11-9-12(4-5-13(11)20-10)16-14(18)6-7-15(19)17(2)3/h4-5,8-9H,6-7H2,1-3H3,(H,16,18). The van der Waals surface area contributed by atoms with Gasteiger partial charge in [-0.05, 0) is 31.2 Å². The highest BCUT2D eigenvalue weighted by Crippen LogP contribution is 2.22. The molecule has 1 aromatic carbocycles. The summed E-state index contributed by atoms with van der Waals surface area (Å²) in [5.74, 6) is 0.612. The molecule has 5 heteroatoms. The summed E-state index contributed by atoms with van der Waals surface area (Å²) in [5, 5.41) is 3.74. The van der Waals surface area contributed by atoms with E-state index in [2.05, 4.69) is 5.32 Å². The number of nitrogens with zero attached hydrogens (tertiary/aromatic N) is 1. The first kappa shape index (κ1) is 14.1. The van der Waals surface area contributed by atoms with E-state index in [-0.39, 0.29) is 24.7 Å². The molecule has 1 N–H and O–H groups in total. The lowest BCUT2D eigenvalue weighted by Gasteiger charge is -2.10. The maximum absolute atomic E-state index is 11.8. The summed E-state index contributed by atoms with van der Waals surface area (Å²) in [6.45, 7) is 1.88. The molecular formula is C15H18N2O3. The SMILES string of the molecule is Cc1cc2cc(NC(=O)CCC(=O)N(C)C)ccc2o1. The molecule has 0 bridgehead atoms. The fourth-order valence-corrected chi connectivity index (χ4v) is 1.92. The Kier molecular flexibility index (Phi) is 4.08. The summed E-state index contributed by atoms with van der Waals surface area (Å²) >= 11 is 0. The predicted octanol–water partition coefficient (Wildman–Crippen LogP) is 2.55. The highest BCUT2D eigenvalue weighted by molar-refractivity contribution is 5.95. The van der Waals surface area contributed by atoms with Crippen molar-refractivity contribution in [3.8, 4) is 0 Å². The third-order valence-corrected chi connectivity index (χ3v) is 2.99. The number of aryl methyl sites for hydroxylation is 1. The quantitative estimate of drug-likeness (QED) is 0.932. The lowest BCUT2D eigenvalue weighted by atomic mass is 10.2. The van der Waals surface area contributed by atoms with Crippen LogP contribution in [-0.2, 0) is 9.59 Å². The van der Waals surface area contributed by atoms with E-state index in [9.17, 15) is 9.59 Å². The van der Waals surface area contributed by atoms with E-state index in [0.717, 1.165) is 16.7 Å². The van der Waals surface area contributed by atoms with E-state index in [4.69, 9.17) is 4.42 Å². The normalized spacial score (nSPS) is 10.6. The van der Waals surface area contributed by atoms with Gasteiger partial charge in [0.15, 0.2) is 0 Å². The van der Waals surface area contributed by atoms with Crippen molar-refractivity contribution in [1.29, 1.82) is 0 Å². The third-order valence-electron chi connectivity index (χ3n) is 2.99. The Morgan fingerprint density at radius 3 is 2.65 bits per heavy atom. The number of anilines is 1. The zero-order chi connectivity index (χ0) is 14.7. The molecular weight excluding hydrogens is 256 g/mol. The molecule has 2 aromatic rings. The first-order chi connectivity index (χ1) is 9.45. The van der Waals surface area contributed by atoms with Crippen molar-refractivity contribution in [3.05, 3.63) is 30.0 Å². The molecule has 0 aliphatic carbocycles. The van der Waals surface area contributed by atoms with E-state index in [1.165, 1.54) is 4.90 Å². The van der Waals surface area contributed by atoms with Crippen molar-refractivity contribution >= 4 is 28.5 Å². The molecule has 20 heavy (non-hydrogen) atoms. The van der Waals surface area contributed by atoms with Crippen molar-refractivity contribution in [2.45, 2.75) is 19.8 Å². The molecule has 5 nitrogen and oxygen atoms in total. The van der Waals surface area contributed by atoms with Crippen molar-refractivity contribution in [3.63, 3.8) is 0 Å². The van der Waals surface area contributed by atoms with Crippen LogP contribution in [0.5, 0.6) is 0 Å². The molecule has 2 amide bonds. The fraction of sp³-hybridized carbons (Fsp3) is 0.333. The summed E-state index contributed by atoms with van der Waals surface area (Å²) < 4.78 is 5.47. The smallest absolute Gasteiger partial charge is 0.224 e. The molecule has 0 fully saturated rings. The van der Waals surface area contributed by atoms with Crippen LogP contribution in [0.1, 0.15) is 18.6 Å². The number of amides is 2. The maximum atomic E-state index is 11.8. The molecule has 2 rings (SSSR count). The number of carbonyl (C=O) groups excluding carboxylic acids is 2. The molecule has 106 valence electrons. The second-order valence-corrected chi connectivity index (χ2v) is 4.95. The average molecular weight is 274 g/mol. The average Bonchev–Trinajstić information content (AvgIpc) is 2.75. The summed E-state index contributed by atoms with van der Waals surface area (Å²) in [6, 6.07) is 7.39. The first-order valence-corrected chi connectivity index (χ1v) is 6.46. The van der Waals surface area contributed by atoms with Gasteiger partial charge in [-0.15, -0.1) is 0 Å². The number of rotatable bonds is 4. The Morgan fingerprint density at radius 2 is 1.95 bits per heavy atom. The van der Waals surface area contributed by atoms with Crippen molar-refractivity contribution in [2.24, 2.45) is 0 Å². The second kappa shape index (κ2) is 5.77. The van der Waals surface area contributed by atoms with Gasteiger partial charge in [-0.25, -0.2) is 0 Å². The minimum Gasteiger partial charge on any atom is -0.461 e.